The van der Waals surface area contributed by atoms with Gasteiger partial charge in [-0.3, -0.25) is 14.4 Å². The molecule has 0 spiro atoms. The van der Waals surface area contributed by atoms with E-state index in [1.165, 1.54) is 0 Å². The molecular formula is C23H28N2O4. The van der Waals surface area contributed by atoms with E-state index in [1.54, 1.807) is 12.1 Å². The van der Waals surface area contributed by atoms with Crippen LogP contribution in [0.15, 0.2) is 42.5 Å². The van der Waals surface area contributed by atoms with E-state index in [9.17, 15) is 14.4 Å². The molecule has 6 heteroatoms. The number of anilines is 1. The van der Waals surface area contributed by atoms with Gasteiger partial charge in [0, 0.05) is 11.3 Å². The lowest BCUT2D eigenvalue weighted by molar-refractivity contribution is -0.146. The van der Waals surface area contributed by atoms with Crippen LogP contribution in [0.5, 0.6) is 0 Å². The van der Waals surface area contributed by atoms with E-state index in [-0.39, 0.29) is 17.9 Å². The lowest BCUT2D eigenvalue weighted by atomic mass is 9.87. The lowest BCUT2D eigenvalue weighted by Gasteiger charge is -2.19. The molecule has 154 valence electrons. The Labute approximate surface area is 171 Å². The van der Waals surface area contributed by atoms with Gasteiger partial charge in [-0.1, -0.05) is 51.1 Å². The van der Waals surface area contributed by atoms with Gasteiger partial charge in [0.05, 0.1) is 0 Å². The Morgan fingerprint density at radius 3 is 2.07 bits per heavy atom. The van der Waals surface area contributed by atoms with Crippen LogP contribution in [0.25, 0.3) is 0 Å². The van der Waals surface area contributed by atoms with Crippen molar-refractivity contribution in [3.63, 3.8) is 0 Å². The van der Waals surface area contributed by atoms with Gasteiger partial charge in [0.1, 0.15) is 6.54 Å². The Balaban J connectivity index is 1.79. The van der Waals surface area contributed by atoms with Crippen LogP contribution in [0.4, 0.5) is 5.69 Å². The minimum atomic E-state index is -0.679. The molecule has 0 aliphatic heterocycles. The molecule has 0 radical (unpaired) electrons. The van der Waals surface area contributed by atoms with E-state index in [0.717, 1.165) is 16.7 Å². The molecule has 2 aromatic rings. The average molecular weight is 396 g/mol. The zero-order valence-corrected chi connectivity index (χ0v) is 17.6. The summed E-state index contributed by atoms with van der Waals surface area (Å²) in [6, 6.07) is 12.9. The number of rotatable bonds is 6. The molecule has 0 fully saturated rings. The van der Waals surface area contributed by atoms with Crippen molar-refractivity contribution in [3.05, 3.63) is 64.7 Å². The largest absolute Gasteiger partial charge is 0.454 e. The molecule has 0 aliphatic rings. The van der Waals surface area contributed by atoms with Gasteiger partial charge in [0.25, 0.3) is 11.8 Å². The molecule has 0 atom stereocenters. The summed E-state index contributed by atoms with van der Waals surface area (Å²) < 4.78 is 4.94. The molecule has 0 aromatic heterocycles. The van der Waals surface area contributed by atoms with Crippen molar-refractivity contribution in [3.8, 4) is 0 Å². The average Bonchev–Trinajstić information content (AvgIpc) is 2.67. The number of nitrogens with one attached hydrogen (secondary N) is 2. The Morgan fingerprint density at radius 1 is 0.931 bits per heavy atom. The predicted octanol–water partition coefficient (Wildman–Crippen LogP) is 3.51. The van der Waals surface area contributed by atoms with E-state index in [4.69, 9.17) is 4.74 Å². The first kappa shape index (κ1) is 22.1. The summed E-state index contributed by atoms with van der Waals surface area (Å²) in [7, 11) is 0. The van der Waals surface area contributed by atoms with Crippen molar-refractivity contribution in [1.29, 1.82) is 0 Å². The number of para-hydroxylation sites is 1. The van der Waals surface area contributed by atoms with Crippen molar-refractivity contribution in [2.45, 2.75) is 40.0 Å². The number of hydrogen-bond donors (Lipinski definition) is 2. The van der Waals surface area contributed by atoms with E-state index >= 15 is 0 Å². The second-order valence-electron chi connectivity index (χ2n) is 7.99. The zero-order chi connectivity index (χ0) is 21.6. The van der Waals surface area contributed by atoms with Crippen molar-refractivity contribution in [1.82, 2.24) is 5.32 Å². The van der Waals surface area contributed by atoms with Gasteiger partial charge in [-0.25, -0.2) is 0 Å². The molecule has 29 heavy (non-hydrogen) atoms. The van der Waals surface area contributed by atoms with Gasteiger partial charge in [0.15, 0.2) is 6.61 Å². The Hall–Kier alpha value is -3.15. The van der Waals surface area contributed by atoms with Crippen LogP contribution in [-0.2, 0) is 19.7 Å². The van der Waals surface area contributed by atoms with E-state index in [1.807, 2.05) is 44.2 Å². The quantitative estimate of drug-likeness (QED) is 0.732. The van der Waals surface area contributed by atoms with E-state index in [2.05, 4.69) is 31.4 Å². The standard InChI is InChI=1S/C23H28N2O4/c1-15-7-6-8-16(2)21(15)25-19(26)14-29-20(27)13-24-22(28)17-9-11-18(12-10-17)23(3,4)5/h6-12H,13-14H2,1-5H3,(H,24,28)(H,25,26). The highest BCUT2D eigenvalue weighted by atomic mass is 16.5. The molecule has 0 saturated heterocycles. The van der Waals surface area contributed by atoms with Gasteiger partial charge in [-0.2, -0.15) is 0 Å². The van der Waals surface area contributed by atoms with E-state index in [0.29, 0.717) is 11.3 Å². The monoisotopic (exact) mass is 396 g/mol. The summed E-state index contributed by atoms with van der Waals surface area (Å²) in [6.45, 7) is 9.33. The molecule has 0 saturated carbocycles. The van der Waals surface area contributed by atoms with Gasteiger partial charge in [-0.15, -0.1) is 0 Å². The first-order chi connectivity index (χ1) is 13.6. The molecular weight excluding hydrogens is 368 g/mol. The van der Waals surface area contributed by atoms with Crippen LogP contribution in [0, 0.1) is 13.8 Å². The summed E-state index contributed by atoms with van der Waals surface area (Å²) in [6.07, 6.45) is 0. The molecule has 0 unspecified atom stereocenters. The summed E-state index contributed by atoms with van der Waals surface area (Å²) in [5.41, 5.74) is 4.13. The van der Waals surface area contributed by atoms with Crippen molar-refractivity contribution in [2.75, 3.05) is 18.5 Å². The second-order valence-corrected chi connectivity index (χ2v) is 7.99. The fraction of sp³-hybridized carbons (Fsp3) is 0.348. The maximum atomic E-state index is 12.2. The predicted molar refractivity (Wildman–Crippen MR) is 113 cm³/mol. The molecule has 0 aliphatic carbocycles. The van der Waals surface area contributed by atoms with Crippen LogP contribution >= 0.6 is 0 Å². The molecule has 0 heterocycles. The molecule has 2 rings (SSSR count). The first-order valence-electron chi connectivity index (χ1n) is 9.48. The number of amides is 2. The summed E-state index contributed by atoms with van der Waals surface area (Å²) in [5, 5.41) is 5.24. The van der Waals surface area contributed by atoms with Crippen LogP contribution in [0.3, 0.4) is 0 Å². The highest BCUT2D eigenvalue weighted by Crippen LogP contribution is 2.22. The molecule has 2 amide bonds. The molecule has 2 N–H and O–H groups in total. The van der Waals surface area contributed by atoms with Crippen molar-refractivity contribution >= 4 is 23.5 Å². The van der Waals surface area contributed by atoms with Crippen molar-refractivity contribution < 1.29 is 19.1 Å². The Morgan fingerprint density at radius 2 is 1.52 bits per heavy atom. The zero-order valence-electron chi connectivity index (χ0n) is 17.6. The number of hydrogen-bond acceptors (Lipinski definition) is 4. The Bertz CT molecular complexity index is 876. The van der Waals surface area contributed by atoms with Gasteiger partial charge >= 0.3 is 5.97 Å². The first-order valence-corrected chi connectivity index (χ1v) is 9.48. The van der Waals surface area contributed by atoms with Gasteiger partial charge in [-0.05, 0) is 48.1 Å². The smallest absolute Gasteiger partial charge is 0.325 e. The summed E-state index contributed by atoms with van der Waals surface area (Å²) >= 11 is 0. The third kappa shape index (κ3) is 6.45. The number of esters is 1. The summed E-state index contributed by atoms with van der Waals surface area (Å²) in [4.78, 5) is 36.0. The molecule has 0 bridgehead atoms. The van der Waals surface area contributed by atoms with Crippen molar-refractivity contribution in [2.24, 2.45) is 0 Å². The molecule has 2 aromatic carbocycles. The summed E-state index contributed by atoms with van der Waals surface area (Å²) in [5.74, 6) is -1.48. The highest BCUT2D eigenvalue weighted by molar-refractivity contribution is 5.97. The lowest BCUT2D eigenvalue weighted by Crippen LogP contribution is -2.32. The number of carbonyl (C=O) groups is 3. The number of ether oxygens (including phenoxy) is 1. The SMILES string of the molecule is Cc1cccc(C)c1NC(=O)COC(=O)CNC(=O)c1ccc(C(C)(C)C)cc1. The minimum absolute atomic E-state index is 0.00375. The maximum absolute atomic E-state index is 12.2. The topological polar surface area (TPSA) is 84.5 Å². The van der Waals surface area contributed by atoms with Crippen LogP contribution in [-0.4, -0.2) is 30.9 Å². The Kier molecular flexibility index (Phi) is 7.15. The number of carbonyl (C=O) groups excluding carboxylic acids is 3. The third-order valence-corrected chi connectivity index (χ3v) is 4.52. The minimum Gasteiger partial charge on any atom is -0.454 e. The third-order valence-electron chi connectivity index (χ3n) is 4.52. The van der Waals surface area contributed by atoms with Gasteiger partial charge < -0.3 is 15.4 Å². The van der Waals surface area contributed by atoms with Crippen LogP contribution in [0.2, 0.25) is 0 Å². The van der Waals surface area contributed by atoms with Crippen LogP contribution < -0.4 is 10.6 Å². The maximum Gasteiger partial charge on any atom is 0.325 e. The highest BCUT2D eigenvalue weighted by Gasteiger charge is 2.15. The number of benzene rings is 2. The fourth-order valence-electron chi connectivity index (χ4n) is 2.76. The molecule has 6 nitrogen and oxygen atoms in total. The van der Waals surface area contributed by atoms with Crippen LogP contribution in [0.1, 0.15) is 47.8 Å². The second kappa shape index (κ2) is 9.37. The van der Waals surface area contributed by atoms with E-state index < -0.39 is 18.5 Å². The number of aryl methyl sites for hydroxylation is 2. The normalized spacial score (nSPS) is 10.9. The van der Waals surface area contributed by atoms with Gasteiger partial charge in [0.2, 0.25) is 0 Å². The fourth-order valence-corrected chi connectivity index (χ4v) is 2.76.